The molecule has 0 amide bonds. The van der Waals surface area contributed by atoms with Gasteiger partial charge >= 0.3 is 6.18 Å². The molecule has 5 nitrogen and oxygen atoms in total. The zero-order chi connectivity index (χ0) is 22.5. The molecule has 0 saturated carbocycles. The van der Waals surface area contributed by atoms with Crippen LogP contribution in [0, 0.1) is 5.41 Å². The summed E-state index contributed by atoms with van der Waals surface area (Å²) in [6.07, 6.45) is -1.70. The Labute approximate surface area is 188 Å². The highest BCUT2D eigenvalue weighted by Gasteiger charge is 2.49. The molecule has 1 aromatic carbocycles. The van der Waals surface area contributed by atoms with Gasteiger partial charge in [0, 0.05) is 42.5 Å². The maximum atomic E-state index is 12.8. The summed E-state index contributed by atoms with van der Waals surface area (Å²) in [5.74, 6) is 1.04. The molecule has 0 aliphatic carbocycles. The largest absolute Gasteiger partial charge is 0.508 e. The smallest absolute Gasteiger partial charge is 0.393 e. The normalized spacial score (nSPS) is 19.6. The van der Waals surface area contributed by atoms with Crippen molar-refractivity contribution >= 4 is 27.4 Å². The van der Waals surface area contributed by atoms with Gasteiger partial charge in [0.25, 0.3) is 0 Å². The number of benzene rings is 1. The minimum atomic E-state index is -4.22. The number of thiophene rings is 1. The molecule has 2 aromatic heterocycles. The molecule has 1 N–H and O–H groups in total. The summed E-state index contributed by atoms with van der Waals surface area (Å²) in [4.78, 5) is 14.3. The van der Waals surface area contributed by atoms with Crippen molar-refractivity contribution in [2.24, 2.45) is 5.41 Å². The summed E-state index contributed by atoms with van der Waals surface area (Å²) in [6, 6.07) is 9.40. The molecule has 1 spiro atoms. The van der Waals surface area contributed by atoms with Crippen LogP contribution in [0.25, 0.3) is 10.2 Å². The zero-order valence-electron chi connectivity index (χ0n) is 17.8. The minimum Gasteiger partial charge on any atom is -0.508 e. The van der Waals surface area contributed by atoms with Crippen LogP contribution in [-0.2, 0) is 12.8 Å². The first-order valence-corrected chi connectivity index (χ1v) is 11.6. The molecule has 32 heavy (non-hydrogen) atoms. The Hall–Kier alpha value is -2.39. The van der Waals surface area contributed by atoms with E-state index in [0.717, 1.165) is 61.6 Å². The van der Waals surface area contributed by atoms with Gasteiger partial charge in [-0.25, -0.2) is 9.97 Å². The summed E-state index contributed by atoms with van der Waals surface area (Å²) in [5.41, 5.74) is 1.42. The summed E-state index contributed by atoms with van der Waals surface area (Å²) < 4.78 is 38.5. The van der Waals surface area contributed by atoms with E-state index in [1.165, 1.54) is 11.9 Å². The summed E-state index contributed by atoms with van der Waals surface area (Å²) in [6.45, 7) is 5.98. The van der Waals surface area contributed by atoms with Gasteiger partial charge in [0.1, 0.15) is 22.7 Å². The molecule has 3 aromatic rings. The van der Waals surface area contributed by atoms with Gasteiger partial charge in [-0.05, 0) is 43.5 Å². The van der Waals surface area contributed by atoms with E-state index in [1.807, 2.05) is 12.1 Å². The van der Waals surface area contributed by atoms with Crippen molar-refractivity contribution in [1.29, 1.82) is 0 Å². The van der Waals surface area contributed by atoms with E-state index in [0.29, 0.717) is 10.9 Å². The van der Waals surface area contributed by atoms with Crippen molar-refractivity contribution in [1.82, 2.24) is 14.9 Å². The highest BCUT2D eigenvalue weighted by atomic mass is 32.1. The van der Waals surface area contributed by atoms with Gasteiger partial charge in [-0.15, -0.1) is 11.3 Å². The Balaban J connectivity index is 1.24. The van der Waals surface area contributed by atoms with Crippen molar-refractivity contribution in [2.75, 3.05) is 31.1 Å². The summed E-state index contributed by atoms with van der Waals surface area (Å²) in [5, 5.41) is 10.2. The predicted octanol–water partition coefficient (Wildman–Crippen LogP) is 4.65. The van der Waals surface area contributed by atoms with Crippen LogP contribution in [0.2, 0.25) is 0 Å². The average Bonchev–Trinajstić information content (AvgIpc) is 3.31. The average molecular weight is 463 g/mol. The lowest BCUT2D eigenvalue weighted by Crippen LogP contribution is -2.60. The molecule has 1 atom stereocenters. The number of anilines is 1. The van der Waals surface area contributed by atoms with Crippen molar-refractivity contribution in [3.8, 4) is 5.75 Å². The molecular formula is C23H25F3N4OS. The van der Waals surface area contributed by atoms with Crippen molar-refractivity contribution in [2.45, 2.75) is 38.4 Å². The first kappa shape index (κ1) is 21.5. The number of nitrogens with zero attached hydrogens (tertiary/aromatic N) is 4. The van der Waals surface area contributed by atoms with E-state index in [4.69, 9.17) is 0 Å². The van der Waals surface area contributed by atoms with E-state index in [9.17, 15) is 18.3 Å². The molecular weight excluding hydrogens is 437 g/mol. The molecule has 2 saturated heterocycles. The number of aromatic nitrogens is 2. The lowest BCUT2D eigenvalue weighted by molar-refractivity contribution is -0.126. The Morgan fingerprint density at radius 2 is 1.91 bits per heavy atom. The Kier molecular flexibility index (Phi) is 5.28. The Morgan fingerprint density at radius 1 is 1.16 bits per heavy atom. The monoisotopic (exact) mass is 462 g/mol. The molecule has 2 aliphatic rings. The van der Waals surface area contributed by atoms with E-state index >= 15 is 0 Å². The second-order valence-electron chi connectivity index (χ2n) is 9.22. The Morgan fingerprint density at radius 3 is 2.62 bits per heavy atom. The first-order valence-electron chi connectivity index (χ1n) is 10.8. The number of phenols is 1. The van der Waals surface area contributed by atoms with Gasteiger partial charge in [-0.2, -0.15) is 13.2 Å². The number of likely N-dealkylation sites (tertiary alicyclic amines) is 1. The molecule has 4 heterocycles. The summed E-state index contributed by atoms with van der Waals surface area (Å²) in [7, 11) is 0. The molecule has 1 unspecified atom stereocenters. The fourth-order valence-corrected chi connectivity index (χ4v) is 6.05. The van der Waals surface area contributed by atoms with Gasteiger partial charge in [0.2, 0.25) is 0 Å². The van der Waals surface area contributed by atoms with Crippen LogP contribution in [0.1, 0.15) is 23.8 Å². The fraction of sp³-hybridized carbons (Fsp3) is 0.478. The number of hydrogen-bond donors (Lipinski definition) is 1. The summed E-state index contributed by atoms with van der Waals surface area (Å²) >= 11 is 1.10. The van der Waals surface area contributed by atoms with E-state index in [2.05, 4.69) is 26.7 Å². The highest BCUT2D eigenvalue weighted by Crippen LogP contribution is 2.43. The second-order valence-corrected chi connectivity index (χ2v) is 10.3. The van der Waals surface area contributed by atoms with Crippen molar-refractivity contribution in [3.63, 3.8) is 0 Å². The molecule has 2 fully saturated rings. The number of fused-ring (bicyclic) bond motifs is 1. The molecule has 9 heteroatoms. The maximum Gasteiger partial charge on any atom is 0.393 e. The van der Waals surface area contributed by atoms with Crippen LogP contribution in [0.3, 0.4) is 0 Å². The maximum absolute atomic E-state index is 12.8. The third-order valence-corrected chi connectivity index (χ3v) is 7.68. The predicted molar refractivity (Wildman–Crippen MR) is 119 cm³/mol. The number of hydrogen-bond acceptors (Lipinski definition) is 6. The van der Waals surface area contributed by atoms with Crippen molar-refractivity contribution < 1.29 is 18.3 Å². The number of phenolic OH excluding ortho intramolecular Hbond substituents is 1. The van der Waals surface area contributed by atoms with Crippen LogP contribution in [-0.4, -0.2) is 58.4 Å². The molecule has 2 aliphatic heterocycles. The SMILES string of the molecule is CC(Cc1ccc(O)cc1)N1CC2(CCN(c3ncnc4sc(CC(F)(F)F)cc34)C2)C1. The zero-order valence-corrected chi connectivity index (χ0v) is 18.6. The topological polar surface area (TPSA) is 52.5 Å². The van der Waals surface area contributed by atoms with Crippen LogP contribution < -0.4 is 4.90 Å². The van der Waals surface area contributed by atoms with Crippen molar-refractivity contribution in [3.05, 3.63) is 47.1 Å². The second kappa shape index (κ2) is 7.88. The van der Waals surface area contributed by atoms with Crippen LogP contribution in [0.4, 0.5) is 19.0 Å². The lowest BCUT2D eigenvalue weighted by Gasteiger charge is -2.51. The van der Waals surface area contributed by atoms with Gasteiger partial charge in [0.15, 0.2) is 0 Å². The third kappa shape index (κ3) is 4.28. The number of alkyl halides is 3. The van der Waals surface area contributed by atoms with Crippen LogP contribution in [0.5, 0.6) is 5.75 Å². The quantitative estimate of drug-likeness (QED) is 0.599. The first-order chi connectivity index (χ1) is 15.2. The minimum absolute atomic E-state index is 0.214. The Bertz CT molecular complexity index is 1110. The fourth-order valence-electron chi connectivity index (χ4n) is 5.03. The molecule has 0 bridgehead atoms. The third-order valence-electron chi connectivity index (χ3n) is 6.64. The van der Waals surface area contributed by atoms with E-state index in [1.54, 1.807) is 18.2 Å². The number of rotatable bonds is 5. The van der Waals surface area contributed by atoms with E-state index < -0.39 is 12.6 Å². The molecule has 170 valence electrons. The van der Waals surface area contributed by atoms with Gasteiger partial charge in [0.05, 0.1) is 11.8 Å². The van der Waals surface area contributed by atoms with E-state index in [-0.39, 0.29) is 16.0 Å². The van der Waals surface area contributed by atoms with Crippen LogP contribution >= 0.6 is 11.3 Å². The highest BCUT2D eigenvalue weighted by molar-refractivity contribution is 7.18. The number of halogens is 3. The van der Waals surface area contributed by atoms with Gasteiger partial charge in [-0.1, -0.05) is 12.1 Å². The van der Waals surface area contributed by atoms with Gasteiger partial charge in [-0.3, -0.25) is 4.90 Å². The lowest BCUT2D eigenvalue weighted by atomic mass is 9.78. The standard InChI is InChI=1S/C23H25F3N4OS/c1-15(8-16-2-4-17(31)5-3-16)30-12-22(13-30)6-7-29(11-22)20-19-9-18(10-23(24,25)26)32-21(19)28-14-27-20/h2-5,9,14-15,31H,6-8,10-13H2,1H3. The number of aromatic hydroxyl groups is 1. The molecule has 0 radical (unpaired) electrons. The molecule has 5 rings (SSSR count). The van der Waals surface area contributed by atoms with Crippen LogP contribution in [0.15, 0.2) is 36.7 Å². The van der Waals surface area contributed by atoms with Gasteiger partial charge < -0.3 is 10.0 Å².